The summed E-state index contributed by atoms with van der Waals surface area (Å²) in [5.74, 6) is 0.414. The third kappa shape index (κ3) is 4.00. The molecule has 1 heterocycles. The van der Waals surface area contributed by atoms with Crippen LogP contribution in [0, 0.1) is 0 Å². The van der Waals surface area contributed by atoms with Gasteiger partial charge in [0.05, 0.1) is 5.69 Å². The Morgan fingerprint density at radius 2 is 2.00 bits per heavy atom. The lowest BCUT2D eigenvalue weighted by molar-refractivity contribution is 0.262. The number of amides is 2. The predicted molar refractivity (Wildman–Crippen MR) is 87.5 cm³/mol. The Morgan fingerprint density at radius 1 is 1.30 bits per heavy atom. The number of phenols is 1. The van der Waals surface area contributed by atoms with Crippen molar-refractivity contribution >= 4 is 17.5 Å². The number of aromatic nitrogens is 2. The fourth-order valence-corrected chi connectivity index (χ4v) is 2.00. The van der Waals surface area contributed by atoms with Crippen molar-refractivity contribution < 1.29 is 14.3 Å². The Bertz CT molecular complexity index is 719. The molecule has 1 aromatic heterocycles. The van der Waals surface area contributed by atoms with Crippen LogP contribution in [0.2, 0.25) is 0 Å². The van der Waals surface area contributed by atoms with Crippen molar-refractivity contribution in [3.05, 3.63) is 35.5 Å². The highest BCUT2D eigenvalue weighted by atomic mass is 19.1. The molecule has 0 aliphatic rings. The molecule has 0 radical (unpaired) electrons. The van der Waals surface area contributed by atoms with Crippen LogP contribution in [0.1, 0.15) is 32.0 Å². The number of aromatic hydroxyl groups is 1. The Balaban J connectivity index is 2.10. The number of alkyl halides is 1. The van der Waals surface area contributed by atoms with Gasteiger partial charge in [-0.15, -0.1) is 0 Å². The molecule has 3 N–H and O–H groups in total. The van der Waals surface area contributed by atoms with Gasteiger partial charge in [0.15, 0.2) is 0 Å². The number of benzene rings is 1. The zero-order valence-corrected chi connectivity index (χ0v) is 13.6. The Kier molecular flexibility index (Phi) is 4.58. The van der Waals surface area contributed by atoms with Crippen molar-refractivity contribution in [2.75, 3.05) is 10.6 Å². The number of halogens is 1. The molecule has 0 saturated heterocycles. The summed E-state index contributed by atoms with van der Waals surface area (Å²) in [6, 6.07) is 5.57. The van der Waals surface area contributed by atoms with Crippen molar-refractivity contribution in [1.82, 2.24) is 9.78 Å². The highest BCUT2D eigenvalue weighted by Gasteiger charge is 2.19. The van der Waals surface area contributed by atoms with Gasteiger partial charge in [0.25, 0.3) is 0 Å². The molecule has 0 aliphatic heterocycles. The molecule has 0 fully saturated rings. The minimum absolute atomic E-state index is 0.123. The topological polar surface area (TPSA) is 79.2 Å². The molecular weight excluding hydrogens is 299 g/mol. The van der Waals surface area contributed by atoms with Gasteiger partial charge < -0.3 is 10.4 Å². The van der Waals surface area contributed by atoms with Crippen LogP contribution < -0.4 is 10.6 Å². The maximum absolute atomic E-state index is 12.7. The molecule has 0 aliphatic carbocycles. The molecular formula is C16H21FN4O2. The minimum Gasteiger partial charge on any atom is -0.508 e. The third-order valence-corrected chi connectivity index (χ3v) is 3.37. The maximum Gasteiger partial charge on any atom is 0.324 e. The lowest BCUT2D eigenvalue weighted by Gasteiger charge is -2.13. The molecule has 2 aromatic rings. The summed E-state index contributed by atoms with van der Waals surface area (Å²) in [4.78, 5) is 12.1. The van der Waals surface area contributed by atoms with Crippen molar-refractivity contribution in [2.24, 2.45) is 7.05 Å². The number of phenolic OH excluding ortho intramolecular Hbond substituents is 1. The predicted octanol–water partition coefficient (Wildman–Crippen LogP) is 3.54. The Labute approximate surface area is 134 Å². The molecule has 2 rings (SSSR count). The number of aryl methyl sites for hydroxylation is 1. The number of urea groups is 1. The van der Waals surface area contributed by atoms with E-state index >= 15 is 0 Å². The molecule has 0 bridgehead atoms. The lowest BCUT2D eigenvalue weighted by atomic mass is 9.92. The standard InChI is InChI=1S/C16H21FN4O2/c1-16(2,3)13-8-14(21(4)20-13)19-15(23)18-11-5-6-12(22)10(7-11)9-17/h5-8,22H,9H2,1-4H3,(H2,18,19,23). The quantitative estimate of drug-likeness (QED) is 0.757. The molecule has 0 saturated carbocycles. The van der Waals surface area contributed by atoms with Gasteiger partial charge in [-0.25, -0.2) is 9.18 Å². The number of carbonyl (C=O) groups excluding carboxylic acids is 1. The smallest absolute Gasteiger partial charge is 0.324 e. The van der Waals surface area contributed by atoms with E-state index in [1.54, 1.807) is 11.7 Å². The fourth-order valence-electron chi connectivity index (χ4n) is 2.00. The van der Waals surface area contributed by atoms with E-state index in [0.29, 0.717) is 11.5 Å². The number of nitrogens with one attached hydrogen (secondary N) is 2. The zero-order chi connectivity index (χ0) is 17.2. The summed E-state index contributed by atoms with van der Waals surface area (Å²) in [6.07, 6.45) is 0. The van der Waals surface area contributed by atoms with E-state index in [0.717, 1.165) is 5.69 Å². The SMILES string of the molecule is Cn1nc(C(C)(C)C)cc1NC(=O)Nc1ccc(O)c(CF)c1. The Hall–Kier alpha value is -2.57. The third-order valence-electron chi connectivity index (χ3n) is 3.37. The molecule has 23 heavy (non-hydrogen) atoms. The second kappa shape index (κ2) is 6.28. The van der Waals surface area contributed by atoms with Crippen molar-refractivity contribution in [2.45, 2.75) is 32.9 Å². The minimum atomic E-state index is -0.806. The molecule has 7 heteroatoms. The molecule has 0 unspecified atom stereocenters. The van der Waals surface area contributed by atoms with Gasteiger partial charge in [0, 0.05) is 29.8 Å². The summed E-state index contributed by atoms with van der Waals surface area (Å²) in [7, 11) is 1.74. The second-order valence-electron chi connectivity index (χ2n) is 6.34. The van der Waals surface area contributed by atoms with Crippen molar-refractivity contribution in [1.29, 1.82) is 0 Å². The first-order valence-electron chi connectivity index (χ1n) is 7.21. The highest BCUT2D eigenvalue weighted by Crippen LogP contribution is 2.24. The molecule has 0 spiro atoms. The van der Waals surface area contributed by atoms with Crippen LogP contribution in [0.15, 0.2) is 24.3 Å². The van der Waals surface area contributed by atoms with Crippen LogP contribution in [0.4, 0.5) is 20.7 Å². The van der Waals surface area contributed by atoms with E-state index < -0.39 is 12.7 Å². The van der Waals surface area contributed by atoms with E-state index in [1.165, 1.54) is 18.2 Å². The maximum atomic E-state index is 12.7. The van der Waals surface area contributed by atoms with Crippen LogP contribution in [-0.2, 0) is 19.1 Å². The van der Waals surface area contributed by atoms with Crippen LogP contribution in [0.25, 0.3) is 0 Å². The number of hydrogen-bond acceptors (Lipinski definition) is 3. The second-order valence-corrected chi connectivity index (χ2v) is 6.34. The average Bonchev–Trinajstić information content (AvgIpc) is 2.82. The lowest BCUT2D eigenvalue weighted by Crippen LogP contribution is -2.21. The van der Waals surface area contributed by atoms with Crippen LogP contribution in [0.3, 0.4) is 0 Å². The van der Waals surface area contributed by atoms with Gasteiger partial charge >= 0.3 is 6.03 Å². The van der Waals surface area contributed by atoms with Gasteiger partial charge in [-0.2, -0.15) is 5.10 Å². The Morgan fingerprint density at radius 3 is 2.57 bits per heavy atom. The van der Waals surface area contributed by atoms with Crippen molar-refractivity contribution in [3.8, 4) is 5.75 Å². The normalized spacial score (nSPS) is 11.3. The monoisotopic (exact) mass is 320 g/mol. The molecule has 2 amide bonds. The van der Waals surface area contributed by atoms with E-state index in [4.69, 9.17) is 0 Å². The van der Waals surface area contributed by atoms with Gasteiger partial charge in [-0.05, 0) is 18.2 Å². The first-order chi connectivity index (χ1) is 10.7. The van der Waals surface area contributed by atoms with Gasteiger partial charge in [0.2, 0.25) is 0 Å². The van der Waals surface area contributed by atoms with Crippen molar-refractivity contribution in [3.63, 3.8) is 0 Å². The number of rotatable bonds is 3. The van der Waals surface area contributed by atoms with Crippen LogP contribution in [0.5, 0.6) is 5.75 Å². The first kappa shape index (κ1) is 16.8. The number of carbonyl (C=O) groups is 1. The van der Waals surface area contributed by atoms with E-state index in [9.17, 15) is 14.3 Å². The van der Waals surface area contributed by atoms with E-state index in [2.05, 4.69) is 15.7 Å². The number of nitrogens with zero attached hydrogens (tertiary/aromatic N) is 2. The summed E-state index contributed by atoms with van der Waals surface area (Å²) in [5.41, 5.74) is 1.25. The van der Waals surface area contributed by atoms with Gasteiger partial charge in [0.1, 0.15) is 18.2 Å². The average molecular weight is 320 g/mol. The van der Waals surface area contributed by atoms with Crippen LogP contribution >= 0.6 is 0 Å². The highest BCUT2D eigenvalue weighted by molar-refractivity contribution is 5.99. The first-order valence-corrected chi connectivity index (χ1v) is 7.21. The fraction of sp³-hybridized carbons (Fsp3) is 0.375. The molecule has 6 nitrogen and oxygen atoms in total. The van der Waals surface area contributed by atoms with E-state index in [-0.39, 0.29) is 16.7 Å². The summed E-state index contributed by atoms with van der Waals surface area (Å²) in [5, 5.41) is 19.1. The van der Waals surface area contributed by atoms with Gasteiger partial charge in [-0.1, -0.05) is 20.8 Å². The summed E-state index contributed by atoms with van der Waals surface area (Å²) in [6.45, 7) is 5.30. The molecule has 124 valence electrons. The van der Waals surface area contributed by atoms with E-state index in [1.807, 2.05) is 26.8 Å². The largest absolute Gasteiger partial charge is 0.508 e. The van der Waals surface area contributed by atoms with Gasteiger partial charge in [-0.3, -0.25) is 10.00 Å². The number of anilines is 2. The summed E-state index contributed by atoms with van der Waals surface area (Å²) >= 11 is 0. The summed E-state index contributed by atoms with van der Waals surface area (Å²) < 4.78 is 14.3. The van der Waals surface area contributed by atoms with Crippen LogP contribution in [-0.4, -0.2) is 20.9 Å². The zero-order valence-electron chi connectivity index (χ0n) is 13.6. The molecule has 0 atom stereocenters. The molecule has 1 aromatic carbocycles. The number of hydrogen-bond donors (Lipinski definition) is 3.